The monoisotopic (exact) mass is 308 g/mol. The van der Waals surface area contributed by atoms with Crippen molar-refractivity contribution in [3.63, 3.8) is 0 Å². The molecule has 0 radical (unpaired) electrons. The lowest BCUT2D eigenvalue weighted by atomic mass is 10.2. The van der Waals surface area contributed by atoms with Crippen molar-refractivity contribution in [1.82, 2.24) is 9.97 Å². The second-order valence-electron chi connectivity index (χ2n) is 4.28. The maximum Gasteiger partial charge on any atom is 0.264 e. The maximum atomic E-state index is 12.3. The van der Waals surface area contributed by atoms with E-state index in [4.69, 9.17) is 4.74 Å². The first-order valence-electron chi connectivity index (χ1n) is 6.13. The third-order valence-electron chi connectivity index (χ3n) is 2.84. The van der Waals surface area contributed by atoms with Crippen LogP contribution in [0.3, 0.4) is 0 Å². The summed E-state index contributed by atoms with van der Waals surface area (Å²) in [6.45, 7) is 1.79. The average Bonchev–Trinajstić information content (AvgIpc) is 2.49. The summed E-state index contributed by atoms with van der Waals surface area (Å²) in [5, 5.41) is 2.73. The number of methoxy groups -OCH3 is 1. The molecule has 21 heavy (non-hydrogen) atoms. The van der Waals surface area contributed by atoms with Crippen LogP contribution in [0.2, 0.25) is 0 Å². The van der Waals surface area contributed by atoms with Gasteiger partial charge in [0.15, 0.2) is 0 Å². The molecule has 1 aromatic heterocycles. The molecule has 0 aliphatic rings. The minimum atomic E-state index is -3.72. The van der Waals surface area contributed by atoms with E-state index < -0.39 is 10.0 Å². The van der Waals surface area contributed by atoms with Crippen molar-refractivity contribution in [2.24, 2.45) is 0 Å². The molecule has 0 aliphatic heterocycles. The Hall–Kier alpha value is -2.35. The number of hydrogen-bond acceptors (Lipinski definition) is 6. The minimum absolute atomic E-state index is 0.00304. The zero-order chi connectivity index (χ0) is 15.5. The van der Waals surface area contributed by atoms with Gasteiger partial charge in [-0.3, -0.25) is 4.72 Å². The highest BCUT2D eigenvalue weighted by molar-refractivity contribution is 7.92. The predicted octanol–water partition coefficient (Wildman–Crippen LogP) is 1.64. The Morgan fingerprint density at radius 1 is 1.19 bits per heavy atom. The summed E-state index contributed by atoms with van der Waals surface area (Å²) in [5.74, 6) is 1.02. The Labute approximate surface area is 123 Å². The third-order valence-corrected chi connectivity index (χ3v) is 4.16. The van der Waals surface area contributed by atoms with Gasteiger partial charge in [-0.1, -0.05) is 0 Å². The number of sulfonamides is 1. The molecule has 0 fully saturated rings. The smallest absolute Gasteiger partial charge is 0.264 e. The molecule has 0 amide bonds. The van der Waals surface area contributed by atoms with Crippen molar-refractivity contribution in [2.75, 3.05) is 24.2 Å². The molecule has 112 valence electrons. The van der Waals surface area contributed by atoms with Crippen LogP contribution in [0.5, 0.6) is 5.75 Å². The Kier molecular flexibility index (Phi) is 4.27. The minimum Gasteiger partial charge on any atom is -0.497 e. The van der Waals surface area contributed by atoms with Crippen LogP contribution >= 0.6 is 0 Å². The molecule has 0 spiro atoms. The summed E-state index contributed by atoms with van der Waals surface area (Å²) in [6.07, 6.45) is 2.50. The molecule has 7 nitrogen and oxygen atoms in total. The summed E-state index contributed by atoms with van der Waals surface area (Å²) in [6, 6.07) is 5.08. The van der Waals surface area contributed by atoms with E-state index in [1.807, 2.05) is 0 Å². The van der Waals surface area contributed by atoms with E-state index in [9.17, 15) is 8.42 Å². The Bertz CT molecular complexity index is 730. The maximum absolute atomic E-state index is 12.3. The molecule has 0 saturated heterocycles. The molecule has 0 saturated carbocycles. The summed E-state index contributed by atoms with van der Waals surface area (Å²) in [5.41, 5.74) is 1.24. The van der Waals surface area contributed by atoms with Crippen molar-refractivity contribution in [2.45, 2.75) is 11.8 Å². The number of ether oxygens (including phenoxy) is 1. The molecular formula is C13H16N4O3S. The fraction of sp³-hybridized carbons (Fsp3) is 0.231. The van der Waals surface area contributed by atoms with Gasteiger partial charge in [0.25, 0.3) is 10.0 Å². The molecule has 1 aromatic carbocycles. The standard InChI is InChI=1S/C13H16N4O3S/c1-9-6-10(20-3)4-5-12(9)17-21(18,19)11-7-15-13(14-2)16-8-11/h4-8,17H,1-3H3,(H,14,15,16). The number of nitrogens with one attached hydrogen (secondary N) is 2. The van der Waals surface area contributed by atoms with E-state index in [-0.39, 0.29) is 4.90 Å². The average molecular weight is 308 g/mol. The molecule has 2 rings (SSSR count). The van der Waals surface area contributed by atoms with Gasteiger partial charge >= 0.3 is 0 Å². The van der Waals surface area contributed by atoms with Crippen LogP contribution in [0.15, 0.2) is 35.5 Å². The number of nitrogens with zero attached hydrogens (tertiary/aromatic N) is 2. The SMILES string of the molecule is CNc1ncc(S(=O)(=O)Nc2ccc(OC)cc2C)cn1. The van der Waals surface area contributed by atoms with Crippen LogP contribution in [-0.4, -0.2) is 32.5 Å². The van der Waals surface area contributed by atoms with E-state index in [2.05, 4.69) is 20.0 Å². The zero-order valence-corrected chi connectivity index (χ0v) is 12.7. The third kappa shape index (κ3) is 3.40. The normalized spacial score (nSPS) is 11.0. The fourth-order valence-corrected chi connectivity index (χ4v) is 2.68. The Balaban J connectivity index is 2.28. The highest BCUT2D eigenvalue weighted by Crippen LogP contribution is 2.23. The van der Waals surface area contributed by atoms with E-state index in [1.165, 1.54) is 12.4 Å². The van der Waals surface area contributed by atoms with E-state index in [0.29, 0.717) is 17.4 Å². The number of aryl methyl sites for hydroxylation is 1. The highest BCUT2D eigenvalue weighted by atomic mass is 32.2. The summed E-state index contributed by atoms with van der Waals surface area (Å²) < 4.78 is 32.1. The van der Waals surface area contributed by atoms with Gasteiger partial charge in [-0.25, -0.2) is 18.4 Å². The second-order valence-corrected chi connectivity index (χ2v) is 5.96. The van der Waals surface area contributed by atoms with Crippen molar-refractivity contribution >= 4 is 21.7 Å². The van der Waals surface area contributed by atoms with Crippen molar-refractivity contribution in [1.29, 1.82) is 0 Å². The fourth-order valence-electron chi connectivity index (χ4n) is 1.67. The number of benzene rings is 1. The first kappa shape index (κ1) is 15.0. The van der Waals surface area contributed by atoms with Crippen molar-refractivity contribution in [3.05, 3.63) is 36.2 Å². The molecule has 2 aromatic rings. The van der Waals surface area contributed by atoms with Gasteiger partial charge in [0, 0.05) is 7.05 Å². The molecular weight excluding hydrogens is 292 g/mol. The predicted molar refractivity (Wildman–Crippen MR) is 80.1 cm³/mol. The van der Waals surface area contributed by atoms with Gasteiger partial charge < -0.3 is 10.1 Å². The Morgan fingerprint density at radius 2 is 1.86 bits per heavy atom. The molecule has 0 bridgehead atoms. The van der Waals surface area contributed by atoms with Crippen LogP contribution in [0, 0.1) is 6.92 Å². The quantitative estimate of drug-likeness (QED) is 0.872. The molecule has 2 N–H and O–H groups in total. The number of rotatable bonds is 5. The van der Waals surface area contributed by atoms with Gasteiger partial charge in [-0.2, -0.15) is 0 Å². The number of aromatic nitrogens is 2. The van der Waals surface area contributed by atoms with E-state index in [1.54, 1.807) is 39.3 Å². The summed E-state index contributed by atoms with van der Waals surface area (Å²) in [7, 11) is -0.514. The lowest BCUT2D eigenvalue weighted by molar-refractivity contribution is 0.414. The van der Waals surface area contributed by atoms with Crippen molar-refractivity contribution < 1.29 is 13.2 Å². The molecule has 8 heteroatoms. The summed E-state index contributed by atoms with van der Waals surface area (Å²) in [4.78, 5) is 7.78. The van der Waals surface area contributed by atoms with Gasteiger partial charge in [-0.05, 0) is 30.7 Å². The van der Waals surface area contributed by atoms with Crippen LogP contribution in [0.4, 0.5) is 11.6 Å². The molecule has 0 atom stereocenters. The molecule has 0 unspecified atom stereocenters. The number of hydrogen-bond donors (Lipinski definition) is 2. The lowest BCUT2D eigenvalue weighted by Gasteiger charge is -2.11. The van der Waals surface area contributed by atoms with Gasteiger partial charge in [-0.15, -0.1) is 0 Å². The largest absolute Gasteiger partial charge is 0.497 e. The van der Waals surface area contributed by atoms with Gasteiger partial charge in [0.2, 0.25) is 5.95 Å². The first-order valence-corrected chi connectivity index (χ1v) is 7.62. The van der Waals surface area contributed by atoms with E-state index in [0.717, 1.165) is 5.56 Å². The highest BCUT2D eigenvalue weighted by Gasteiger charge is 2.16. The van der Waals surface area contributed by atoms with E-state index >= 15 is 0 Å². The van der Waals surface area contributed by atoms with Crippen LogP contribution in [-0.2, 0) is 10.0 Å². The topological polar surface area (TPSA) is 93.2 Å². The van der Waals surface area contributed by atoms with Crippen LogP contribution in [0.25, 0.3) is 0 Å². The van der Waals surface area contributed by atoms with Crippen molar-refractivity contribution in [3.8, 4) is 5.75 Å². The molecule has 0 aliphatic carbocycles. The molecule has 1 heterocycles. The lowest BCUT2D eigenvalue weighted by Crippen LogP contribution is -2.14. The number of anilines is 2. The first-order chi connectivity index (χ1) is 9.96. The zero-order valence-electron chi connectivity index (χ0n) is 11.9. The van der Waals surface area contributed by atoms with Crippen LogP contribution < -0.4 is 14.8 Å². The van der Waals surface area contributed by atoms with Crippen LogP contribution in [0.1, 0.15) is 5.56 Å². The van der Waals surface area contributed by atoms with Gasteiger partial charge in [0.05, 0.1) is 25.2 Å². The summed E-state index contributed by atoms with van der Waals surface area (Å²) >= 11 is 0. The Morgan fingerprint density at radius 3 is 2.38 bits per heavy atom. The second kappa shape index (κ2) is 5.96. The van der Waals surface area contributed by atoms with Gasteiger partial charge in [0.1, 0.15) is 10.6 Å².